The Morgan fingerprint density at radius 2 is 2.25 bits per heavy atom. The molecule has 0 aliphatic rings. The Bertz CT molecular complexity index is 580. The Labute approximate surface area is 120 Å². The van der Waals surface area contributed by atoms with Gasteiger partial charge in [-0.1, -0.05) is 11.6 Å². The number of amides is 1. The van der Waals surface area contributed by atoms with Crippen molar-refractivity contribution < 1.29 is 19.4 Å². The molecule has 1 aromatic carbocycles. The number of terminal acetylenes is 1. The van der Waals surface area contributed by atoms with Crippen molar-refractivity contribution in [2.75, 3.05) is 12.4 Å². The Kier molecular flexibility index (Phi) is 5.38. The zero-order valence-electron chi connectivity index (χ0n) is 10.6. The number of hydrogen-bond acceptors (Lipinski definition) is 4. The number of carboxylic acid groups (broad SMARTS) is 1. The van der Waals surface area contributed by atoms with E-state index in [4.69, 9.17) is 33.6 Å². The van der Waals surface area contributed by atoms with Gasteiger partial charge in [-0.15, -0.1) is 12.3 Å². The Balaban J connectivity index is 3.06. The van der Waals surface area contributed by atoms with E-state index in [2.05, 4.69) is 11.2 Å². The van der Waals surface area contributed by atoms with Gasteiger partial charge in [0, 0.05) is 12.5 Å². The van der Waals surface area contributed by atoms with Gasteiger partial charge >= 0.3 is 5.97 Å². The van der Waals surface area contributed by atoms with Crippen LogP contribution in [-0.4, -0.2) is 30.1 Å². The number of rotatable bonds is 5. The van der Waals surface area contributed by atoms with Crippen molar-refractivity contribution in [3.63, 3.8) is 0 Å². The molecule has 0 heterocycles. The first-order valence-corrected chi connectivity index (χ1v) is 5.89. The summed E-state index contributed by atoms with van der Waals surface area (Å²) >= 11 is 5.91. The molecule has 106 valence electrons. The first-order valence-electron chi connectivity index (χ1n) is 5.51. The van der Waals surface area contributed by atoms with Gasteiger partial charge in [0.05, 0.1) is 23.9 Å². The van der Waals surface area contributed by atoms with Crippen LogP contribution in [0.4, 0.5) is 5.69 Å². The highest BCUT2D eigenvalue weighted by atomic mass is 35.5. The van der Waals surface area contributed by atoms with Gasteiger partial charge in [-0.05, 0) is 6.07 Å². The summed E-state index contributed by atoms with van der Waals surface area (Å²) in [5.41, 5.74) is 5.64. The number of benzene rings is 1. The quantitative estimate of drug-likeness (QED) is 0.712. The zero-order chi connectivity index (χ0) is 15.3. The van der Waals surface area contributed by atoms with Gasteiger partial charge in [-0.2, -0.15) is 0 Å². The maximum Gasteiger partial charge on any atom is 0.339 e. The van der Waals surface area contributed by atoms with Gasteiger partial charge < -0.3 is 20.9 Å². The average molecular weight is 297 g/mol. The standard InChI is InChI=1S/C13H13ClN2O4/c1-3-4-9(15)12(17)16-10-6-11(20-2)7(13(18)19)5-8(10)14/h1,5-6,9H,4,15H2,2H3,(H,16,17)(H,18,19). The summed E-state index contributed by atoms with van der Waals surface area (Å²) in [4.78, 5) is 22.7. The molecular formula is C13H13ClN2O4. The number of carbonyl (C=O) groups is 2. The van der Waals surface area contributed by atoms with Crippen molar-refractivity contribution in [3.05, 3.63) is 22.7 Å². The minimum absolute atomic E-state index is 0.0597. The van der Waals surface area contributed by atoms with E-state index in [0.717, 1.165) is 0 Å². The zero-order valence-corrected chi connectivity index (χ0v) is 11.4. The Morgan fingerprint density at radius 3 is 2.75 bits per heavy atom. The molecule has 7 heteroatoms. The number of nitrogens with two attached hydrogens (primary N) is 1. The number of nitrogens with one attached hydrogen (secondary N) is 1. The molecule has 1 unspecified atom stereocenters. The minimum Gasteiger partial charge on any atom is -0.496 e. The predicted molar refractivity (Wildman–Crippen MR) is 75.0 cm³/mol. The van der Waals surface area contributed by atoms with E-state index in [1.807, 2.05) is 0 Å². The van der Waals surface area contributed by atoms with Gasteiger partial charge in [0.15, 0.2) is 0 Å². The van der Waals surface area contributed by atoms with Crippen LogP contribution in [0.25, 0.3) is 0 Å². The molecule has 0 aromatic heterocycles. The Morgan fingerprint density at radius 1 is 1.60 bits per heavy atom. The van der Waals surface area contributed by atoms with Gasteiger partial charge in [0.2, 0.25) is 5.91 Å². The molecule has 0 fully saturated rings. The van der Waals surface area contributed by atoms with E-state index in [-0.39, 0.29) is 28.4 Å². The molecular weight excluding hydrogens is 284 g/mol. The minimum atomic E-state index is -1.19. The van der Waals surface area contributed by atoms with Crippen LogP contribution < -0.4 is 15.8 Å². The second kappa shape index (κ2) is 6.80. The second-order valence-electron chi connectivity index (χ2n) is 3.84. The summed E-state index contributed by atoms with van der Waals surface area (Å²) < 4.78 is 4.94. The molecule has 1 rings (SSSR count). The molecule has 0 aliphatic carbocycles. The number of ether oxygens (including phenoxy) is 1. The maximum atomic E-state index is 11.7. The fraction of sp³-hybridized carbons (Fsp3) is 0.231. The van der Waals surface area contributed by atoms with E-state index < -0.39 is 17.9 Å². The molecule has 0 aliphatic heterocycles. The third kappa shape index (κ3) is 3.63. The van der Waals surface area contributed by atoms with Crippen LogP contribution in [0.5, 0.6) is 5.75 Å². The lowest BCUT2D eigenvalue weighted by atomic mass is 10.1. The van der Waals surface area contributed by atoms with Crippen LogP contribution in [0, 0.1) is 12.3 Å². The topological polar surface area (TPSA) is 102 Å². The van der Waals surface area contributed by atoms with Crippen LogP contribution in [0.2, 0.25) is 5.02 Å². The van der Waals surface area contributed by atoms with E-state index in [1.54, 1.807) is 0 Å². The largest absolute Gasteiger partial charge is 0.496 e. The molecule has 0 saturated carbocycles. The van der Waals surface area contributed by atoms with Crippen LogP contribution in [-0.2, 0) is 4.79 Å². The molecule has 6 nitrogen and oxygen atoms in total. The molecule has 1 aromatic rings. The van der Waals surface area contributed by atoms with Crippen LogP contribution in [0.3, 0.4) is 0 Å². The van der Waals surface area contributed by atoms with Crippen molar-refractivity contribution >= 4 is 29.2 Å². The van der Waals surface area contributed by atoms with Crippen molar-refractivity contribution in [1.29, 1.82) is 0 Å². The first kappa shape index (κ1) is 15.8. The lowest BCUT2D eigenvalue weighted by molar-refractivity contribution is -0.117. The van der Waals surface area contributed by atoms with E-state index in [0.29, 0.717) is 0 Å². The molecule has 4 N–H and O–H groups in total. The molecule has 0 bridgehead atoms. The number of methoxy groups -OCH3 is 1. The summed E-state index contributed by atoms with van der Waals surface area (Å²) in [7, 11) is 1.31. The molecule has 1 atom stereocenters. The number of aromatic carboxylic acids is 1. The normalized spacial score (nSPS) is 11.3. The van der Waals surface area contributed by atoms with E-state index in [9.17, 15) is 9.59 Å². The van der Waals surface area contributed by atoms with Gasteiger partial charge in [-0.25, -0.2) is 4.79 Å². The fourth-order valence-electron chi connectivity index (χ4n) is 1.43. The van der Waals surface area contributed by atoms with Crippen molar-refractivity contribution in [3.8, 4) is 18.1 Å². The third-order valence-corrected chi connectivity index (χ3v) is 2.76. The number of carbonyl (C=O) groups excluding carboxylic acids is 1. The second-order valence-corrected chi connectivity index (χ2v) is 4.25. The first-order chi connectivity index (χ1) is 9.40. The smallest absolute Gasteiger partial charge is 0.339 e. The fourth-order valence-corrected chi connectivity index (χ4v) is 1.64. The lowest BCUT2D eigenvalue weighted by Gasteiger charge is -2.13. The average Bonchev–Trinajstić information content (AvgIpc) is 2.40. The SMILES string of the molecule is C#CCC(N)C(=O)Nc1cc(OC)c(C(=O)O)cc1Cl. The molecule has 0 radical (unpaired) electrons. The lowest BCUT2D eigenvalue weighted by Crippen LogP contribution is -2.35. The van der Waals surface area contributed by atoms with E-state index in [1.165, 1.54) is 19.2 Å². The highest BCUT2D eigenvalue weighted by Gasteiger charge is 2.18. The third-order valence-electron chi connectivity index (χ3n) is 2.45. The summed E-state index contributed by atoms with van der Waals surface area (Å²) in [5.74, 6) is 0.638. The van der Waals surface area contributed by atoms with Gasteiger partial charge in [0.1, 0.15) is 11.3 Å². The van der Waals surface area contributed by atoms with Crippen molar-refractivity contribution in [2.45, 2.75) is 12.5 Å². The highest BCUT2D eigenvalue weighted by molar-refractivity contribution is 6.34. The van der Waals surface area contributed by atoms with Crippen LogP contribution >= 0.6 is 11.6 Å². The number of hydrogen-bond donors (Lipinski definition) is 3. The van der Waals surface area contributed by atoms with Crippen LogP contribution in [0.15, 0.2) is 12.1 Å². The molecule has 1 amide bonds. The highest BCUT2D eigenvalue weighted by Crippen LogP contribution is 2.31. The summed E-state index contributed by atoms with van der Waals surface area (Å²) in [5, 5.41) is 11.5. The maximum absolute atomic E-state index is 11.7. The predicted octanol–water partition coefficient (Wildman–Crippen LogP) is 1.34. The summed E-state index contributed by atoms with van der Waals surface area (Å²) in [6, 6.07) is 1.62. The summed E-state index contributed by atoms with van der Waals surface area (Å²) in [6.45, 7) is 0. The number of halogens is 1. The number of carboxylic acids is 1. The monoisotopic (exact) mass is 296 g/mol. The molecule has 20 heavy (non-hydrogen) atoms. The van der Waals surface area contributed by atoms with Crippen molar-refractivity contribution in [1.82, 2.24) is 0 Å². The van der Waals surface area contributed by atoms with Gasteiger partial charge in [0.25, 0.3) is 0 Å². The molecule has 0 spiro atoms. The molecule has 0 saturated heterocycles. The Hall–Kier alpha value is -2.23. The van der Waals surface area contributed by atoms with Gasteiger partial charge in [-0.3, -0.25) is 4.79 Å². The van der Waals surface area contributed by atoms with Crippen molar-refractivity contribution in [2.24, 2.45) is 5.73 Å². The number of anilines is 1. The summed E-state index contributed by atoms with van der Waals surface area (Å²) in [6.07, 6.45) is 5.15. The van der Waals surface area contributed by atoms with Crippen LogP contribution in [0.1, 0.15) is 16.8 Å². The van der Waals surface area contributed by atoms with E-state index >= 15 is 0 Å².